The Kier molecular flexibility index (Phi) is 6.22. The van der Waals surface area contributed by atoms with Crippen LogP contribution in [-0.2, 0) is 19.1 Å². The van der Waals surface area contributed by atoms with Gasteiger partial charge in [-0.15, -0.1) is 0 Å². The lowest BCUT2D eigenvalue weighted by molar-refractivity contribution is -0.204. The summed E-state index contributed by atoms with van der Waals surface area (Å²) in [5.74, 6) is -4.09. The molecule has 20 heavy (non-hydrogen) atoms. The first-order chi connectivity index (χ1) is 8.83. The highest BCUT2D eigenvalue weighted by Crippen LogP contribution is 2.16. The van der Waals surface area contributed by atoms with E-state index in [2.05, 4.69) is 9.47 Å². The summed E-state index contributed by atoms with van der Waals surface area (Å²) in [5, 5.41) is 17.8. The van der Waals surface area contributed by atoms with Crippen LogP contribution in [-0.4, -0.2) is 59.9 Å². The van der Waals surface area contributed by atoms with Gasteiger partial charge in [0.15, 0.2) is 25.4 Å². The normalized spacial score (nSPS) is 15.4. The number of aliphatic hydroxyl groups is 2. The van der Waals surface area contributed by atoms with Crippen LogP contribution < -0.4 is 0 Å². The fourth-order valence-electron chi connectivity index (χ4n) is 0.734. The molecule has 6 nitrogen and oxygen atoms in total. The Morgan fingerprint density at radius 3 is 1.25 bits per heavy atom. The third-order valence-electron chi connectivity index (χ3n) is 1.54. The molecule has 0 aromatic carbocycles. The Morgan fingerprint density at radius 1 is 0.800 bits per heavy atom. The summed E-state index contributed by atoms with van der Waals surface area (Å²) in [6.45, 7) is -4.21. The van der Waals surface area contributed by atoms with E-state index in [-0.39, 0.29) is 0 Å². The number of carbonyl (C=O) groups is 2. The Morgan fingerprint density at radius 2 is 1.05 bits per heavy atom. The zero-order chi connectivity index (χ0) is 16.1. The monoisotopic (exact) mass is 314 g/mol. The number of hydrogen-bond donors (Lipinski definition) is 2. The van der Waals surface area contributed by atoms with E-state index in [1.165, 1.54) is 0 Å². The molecule has 0 aliphatic carbocycles. The number of rotatable bonds is 5. The van der Waals surface area contributed by atoms with E-state index >= 15 is 0 Å². The standard InChI is InChI=1S/C8H8F6O6/c9-7(10,11)1-19-5(17)3(15)4(16)6(18)20-2-8(12,13)14/h3-4,15-16H,1-2H2. The van der Waals surface area contributed by atoms with E-state index in [1.54, 1.807) is 0 Å². The number of ether oxygens (including phenoxy) is 2. The fraction of sp³-hybridized carbons (Fsp3) is 0.750. The third-order valence-corrected chi connectivity index (χ3v) is 1.54. The number of esters is 2. The van der Waals surface area contributed by atoms with Crippen molar-refractivity contribution < 1.29 is 55.6 Å². The number of aliphatic hydroxyl groups excluding tert-OH is 2. The molecular formula is C8H8F6O6. The molecule has 0 saturated heterocycles. The van der Waals surface area contributed by atoms with Crippen LogP contribution >= 0.6 is 0 Å². The molecule has 0 aliphatic rings. The van der Waals surface area contributed by atoms with E-state index in [9.17, 15) is 35.9 Å². The summed E-state index contributed by atoms with van der Waals surface area (Å²) < 4.78 is 76.9. The highest BCUT2D eigenvalue weighted by Gasteiger charge is 2.38. The molecule has 0 amide bonds. The molecule has 0 heterocycles. The first-order valence-electron chi connectivity index (χ1n) is 4.66. The SMILES string of the molecule is O=C(OCC(F)(F)F)C(O)C(O)C(=O)OCC(F)(F)F. The first-order valence-corrected chi connectivity index (χ1v) is 4.66. The average molecular weight is 314 g/mol. The lowest BCUT2D eigenvalue weighted by atomic mass is 10.2. The van der Waals surface area contributed by atoms with Gasteiger partial charge in [0.25, 0.3) is 0 Å². The van der Waals surface area contributed by atoms with Gasteiger partial charge in [-0.1, -0.05) is 0 Å². The smallest absolute Gasteiger partial charge is 0.422 e. The average Bonchev–Trinajstić information content (AvgIpc) is 2.29. The molecule has 12 heteroatoms. The van der Waals surface area contributed by atoms with Gasteiger partial charge in [-0.3, -0.25) is 0 Å². The van der Waals surface area contributed by atoms with Crippen molar-refractivity contribution in [3.05, 3.63) is 0 Å². The predicted octanol–water partition coefficient (Wildman–Crippen LogP) is -0.0808. The zero-order valence-electron chi connectivity index (χ0n) is 9.36. The molecule has 2 N–H and O–H groups in total. The van der Waals surface area contributed by atoms with Crippen molar-refractivity contribution in [3.8, 4) is 0 Å². The number of alkyl halides is 6. The minimum absolute atomic E-state index is 2.04. The molecule has 0 radical (unpaired) electrons. The Labute approximate surface area is 106 Å². The van der Waals surface area contributed by atoms with E-state index in [1.807, 2.05) is 0 Å². The minimum Gasteiger partial charge on any atom is -0.454 e. The van der Waals surface area contributed by atoms with Crippen molar-refractivity contribution in [2.24, 2.45) is 0 Å². The molecule has 118 valence electrons. The van der Waals surface area contributed by atoms with Crippen molar-refractivity contribution >= 4 is 11.9 Å². The van der Waals surface area contributed by atoms with Crippen molar-refractivity contribution in [3.63, 3.8) is 0 Å². The molecule has 0 aromatic heterocycles. The molecule has 0 fully saturated rings. The van der Waals surface area contributed by atoms with Gasteiger partial charge in [-0.2, -0.15) is 26.3 Å². The molecule has 2 unspecified atom stereocenters. The van der Waals surface area contributed by atoms with Gasteiger partial charge in [0.1, 0.15) is 0 Å². The molecule has 0 aliphatic heterocycles. The second-order valence-corrected chi connectivity index (χ2v) is 3.34. The first kappa shape index (κ1) is 18.4. The Balaban J connectivity index is 4.35. The second-order valence-electron chi connectivity index (χ2n) is 3.34. The van der Waals surface area contributed by atoms with Crippen molar-refractivity contribution in [1.82, 2.24) is 0 Å². The van der Waals surface area contributed by atoms with Crippen LogP contribution in [0, 0.1) is 0 Å². The summed E-state index contributed by atoms with van der Waals surface area (Å²) in [5.41, 5.74) is 0. The highest BCUT2D eigenvalue weighted by atomic mass is 19.4. The summed E-state index contributed by atoms with van der Waals surface area (Å²) in [7, 11) is 0. The van der Waals surface area contributed by atoms with Crippen LogP contribution in [0.5, 0.6) is 0 Å². The van der Waals surface area contributed by atoms with Gasteiger partial charge in [-0.05, 0) is 0 Å². The van der Waals surface area contributed by atoms with Gasteiger partial charge in [0.2, 0.25) is 0 Å². The maximum atomic E-state index is 11.7. The number of hydrogen-bond acceptors (Lipinski definition) is 6. The highest BCUT2D eigenvalue weighted by molar-refractivity contribution is 5.85. The molecule has 0 bridgehead atoms. The topological polar surface area (TPSA) is 93.1 Å². The van der Waals surface area contributed by atoms with Crippen molar-refractivity contribution in [1.29, 1.82) is 0 Å². The molecule has 0 saturated carbocycles. The van der Waals surface area contributed by atoms with Crippen LogP contribution in [0.1, 0.15) is 0 Å². The summed E-state index contributed by atoms with van der Waals surface area (Å²) in [4.78, 5) is 21.5. The van der Waals surface area contributed by atoms with Crippen LogP contribution in [0.25, 0.3) is 0 Å². The van der Waals surface area contributed by atoms with Gasteiger partial charge in [-0.25, -0.2) is 9.59 Å². The predicted molar refractivity (Wildman–Crippen MR) is 46.0 cm³/mol. The zero-order valence-corrected chi connectivity index (χ0v) is 9.36. The third kappa shape index (κ3) is 7.78. The fourth-order valence-corrected chi connectivity index (χ4v) is 0.734. The molecule has 0 spiro atoms. The van der Waals surface area contributed by atoms with Crippen LogP contribution in [0.3, 0.4) is 0 Å². The summed E-state index contributed by atoms with van der Waals surface area (Å²) in [6.07, 6.45) is -15.5. The Hall–Kier alpha value is -1.56. The quantitative estimate of drug-likeness (QED) is 0.545. The maximum Gasteiger partial charge on any atom is 0.422 e. The molecule has 0 rings (SSSR count). The molecular weight excluding hydrogens is 306 g/mol. The van der Waals surface area contributed by atoms with E-state index in [0.29, 0.717) is 0 Å². The van der Waals surface area contributed by atoms with Crippen LogP contribution in [0.4, 0.5) is 26.3 Å². The largest absolute Gasteiger partial charge is 0.454 e. The number of carbonyl (C=O) groups excluding carboxylic acids is 2. The molecule has 2 atom stereocenters. The van der Waals surface area contributed by atoms with Gasteiger partial charge >= 0.3 is 24.3 Å². The lowest BCUT2D eigenvalue weighted by Gasteiger charge is -2.16. The van der Waals surface area contributed by atoms with E-state index in [0.717, 1.165) is 0 Å². The van der Waals surface area contributed by atoms with Gasteiger partial charge < -0.3 is 19.7 Å². The number of halogens is 6. The molecule has 0 aromatic rings. The van der Waals surface area contributed by atoms with Crippen molar-refractivity contribution in [2.75, 3.05) is 13.2 Å². The van der Waals surface area contributed by atoms with Gasteiger partial charge in [0.05, 0.1) is 0 Å². The summed E-state index contributed by atoms with van der Waals surface area (Å²) in [6, 6.07) is 0. The van der Waals surface area contributed by atoms with Crippen molar-refractivity contribution in [2.45, 2.75) is 24.6 Å². The summed E-state index contributed by atoms with van der Waals surface area (Å²) >= 11 is 0. The van der Waals surface area contributed by atoms with Gasteiger partial charge in [0, 0.05) is 0 Å². The van der Waals surface area contributed by atoms with Crippen LogP contribution in [0.2, 0.25) is 0 Å². The second kappa shape index (κ2) is 6.74. The van der Waals surface area contributed by atoms with Crippen LogP contribution in [0.15, 0.2) is 0 Å². The Bertz CT molecular complexity index is 316. The minimum atomic E-state index is -4.92. The lowest BCUT2D eigenvalue weighted by Crippen LogP contribution is -2.43. The maximum absolute atomic E-state index is 11.7. The van der Waals surface area contributed by atoms with E-state index in [4.69, 9.17) is 10.2 Å². The van der Waals surface area contributed by atoms with E-state index < -0.39 is 49.7 Å².